The fourth-order valence-electron chi connectivity index (χ4n) is 2.14. The van der Waals surface area contributed by atoms with Crippen LogP contribution in [0.25, 0.3) is 0 Å². The summed E-state index contributed by atoms with van der Waals surface area (Å²) in [6, 6.07) is 0. The number of hydrogen-bond donors (Lipinski definition) is 2. The highest BCUT2D eigenvalue weighted by molar-refractivity contribution is 5.67. The van der Waals surface area contributed by atoms with Gasteiger partial charge in [0, 0.05) is 12.8 Å². The quantitative estimate of drug-likeness (QED) is 0.556. The van der Waals surface area contributed by atoms with Gasteiger partial charge in [-0.1, -0.05) is 52.4 Å². The molecule has 0 heterocycles. The van der Waals surface area contributed by atoms with Crippen LogP contribution in [0.4, 0.5) is 0 Å². The summed E-state index contributed by atoms with van der Waals surface area (Å²) in [5, 5.41) is 17.2. The Bertz CT molecular complexity index is 224. The summed E-state index contributed by atoms with van der Waals surface area (Å²) in [5.74, 6) is -0.920. The Labute approximate surface area is 109 Å². The third-order valence-electron chi connectivity index (χ3n) is 3.19. The van der Waals surface area contributed by atoms with Crippen molar-refractivity contribution >= 4 is 11.9 Å². The van der Waals surface area contributed by atoms with Crippen molar-refractivity contribution in [3.05, 3.63) is 0 Å². The largest absolute Gasteiger partial charge is 0.481 e. The summed E-state index contributed by atoms with van der Waals surface area (Å²) in [6.07, 6.45) is 6.83. The van der Waals surface area contributed by atoms with E-state index in [2.05, 4.69) is 0 Å². The standard InChI is InChI=1S/C14H26O4/c1-11(9-13(15)16)7-5-3-4-6-8-12(2)10-14(17)18/h11-12H,3-10H2,1-2H3,(H,15,16)(H,17,18). The molecule has 2 atom stereocenters. The van der Waals surface area contributed by atoms with Crippen LogP contribution >= 0.6 is 0 Å². The van der Waals surface area contributed by atoms with E-state index >= 15 is 0 Å². The van der Waals surface area contributed by atoms with Crippen LogP contribution in [0.15, 0.2) is 0 Å². The van der Waals surface area contributed by atoms with Gasteiger partial charge in [0.25, 0.3) is 0 Å². The van der Waals surface area contributed by atoms with Crippen LogP contribution in [0.1, 0.15) is 65.2 Å². The number of aliphatic carboxylic acids is 2. The molecule has 4 nitrogen and oxygen atoms in total. The third kappa shape index (κ3) is 11.4. The molecule has 0 aliphatic heterocycles. The molecule has 0 saturated carbocycles. The Morgan fingerprint density at radius 3 is 1.39 bits per heavy atom. The predicted molar refractivity (Wildman–Crippen MR) is 70.5 cm³/mol. The fourth-order valence-corrected chi connectivity index (χ4v) is 2.14. The second kappa shape index (κ2) is 9.92. The number of carboxylic acids is 2. The number of carbonyl (C=O) groups is 2. The van der Waals surface area contributed by atoms with Gasteiger partial charge >= 0.3 is 11.9 Å². The van der Waals surface area contributed by atoms with Gasteiger partial charge in [0.15, 0.2) is 0 Å². The lowest BCUT2D eigenvalue weighted by Gasteiger charge is -2.09. The number of hydrogen-bond acceptors (Lipinski definition) is 2. The van der Waals surface area contributed by atoms with Gasteiger partial charge < -0.3 is 10.2 Å². The first-order valence-corrected chi connectivity index (χ1v) is 6.85. The van der Waals surface area contributed by atoms with Crippen LogP contribution in [-0.2, 0) is 9.59 Å². The molecule has 106 valence electrons. The van der Waals surface area contributed by atoms with Crippen LogP contribution in [0.2, 0.25) is 0 Å². The average molecular weight is 258 g/mol. The van der Waals surface area contributed by atoms with Crippen molar-refractivity contribution in [2.45, 2.75) is 65.2 Å². The fraction of sp³-hybridized carbons (Fsp3) is 0.857. The topological polar surface area (TPSA) is 74.6 Å². The Hall–Kier alpha value is -1.06. The Morgan fingerprint density at radius 1 is 0.778 bits per heavy atom. The first-order valence-electron chi connectivity index (χ1n) is 6.85. The molecular formula is C14H26O4. The lowest BCUT2D eigenvalue weighted by Crippen LogP contribution is -2.04. The Kier molecular flexibility index (Phi) is 9.33. The molecule has 2 N–H and O–H groups in total. The van der Waals surface area contributed by atoms with Crippen molar-refractivity contribution in [2.24, 2.45) is 11.8 Å². The zero-order chi connectivity index (χ0) is 14.0. The summed E-state index contributed by atoms with van der Waals surface area (Å²) in [4.78, 5) is 20.9. The molecule has 0 saturated heterocycles. The SMILES string of the molecule is CC(CCCCCCC(C)CC(=O)O)CC(=O)O. The zero-order valence-electron chi connectivity index (χ0n) is 11.5. The van der Waals surface area contributed by atoms with Gasteiger partial charge in [-0.25, -0.2) is 0 Å². The minimum absolute atomic E-state index is 0.258. The maximum atomic E-state index is 10.5. The third-order valence-corrected chi connectivity index (χ3v) is 3.19. The summed E-state index contributed by atoms with van der Waals surface area (Å²) in [6.45, 7) is 3.95. The molecule has 18 heavy (non-hydrogen) atoms. The molecule has 0 bridgehead atoms. The number of rotatable bonds is 11. The molecular weight excluding hydrogens is 232 g/mol. The van der Waals surface area contributed by atoms with E-state index in [-0.39, 0.29) is 24.7 Å². The lowest BCUT2D eigenvalue weighted by molar-refractivity contribution is -0.139. The van der Waals surface area contributed by atoms with Gasteiger partial charge in [-0.15, -0.1) is 0 Å². The van der Waals surface area contributed by atoms with E-state index in [1.165, 1.54) is 0 Å². The normalized spacial score (nSPS) is 14.1. The smallest absolute Gasteiger partial charge is 0.303 e. The zero-order valence-corrected chi connectivity index (χ0v) is 11.5. The summed E-state index contributed by atoms with van der Waals surface area (Å²) in [5.41, 5.74) is 0. The highest BCUT2D eigenvalue weighted by Crippen LogP contribution is 2.17. The molecule has 0 aliphatic rings. The Balaban J connectivity index is 3.35. The number of carboxylic acid groups (broad SMARTS) is 2. The molecule has 4 heteroatoms. The predicted octanol–water partition coefficient (Wildman–Crippen LogP) is 3.55. The number of unbranched alkanes of at least 4 members (excludes halogenated alkanes) is 3. The highest BCUT2D eigenvalue weighted by atomic mass is 16.4. The van der Waals surface area contributed by atoms with E-state index in [0.717, 1.165) is 38.5 Å². The van der Waals surface area contributed by atoms with Gasteiger partial charge in [0.1, 0.15) is 0 Å². The van der Waals surface area contributed by atoms with E-state index in [0.29, 0.717) is 0 Å². The van der Waals surface area contributed by atoms with Crippen molar-refractivity contribution in [2.75, 3.05) is 0 Å². The average Bonchev–Trinajstić information content (AvgIpc) is 2.20. The van der Waals surface area contributed by atoms with Crippen molar-refractivity contribution in [1.29, 1.82) is 0 Å². The van der Waals surface area contributed by atoms with Crippen LogP contribution in [0, 0.1) is 11.8 Å². The van der Waals surface area contributed by atoms with Crippen molar-refractivity contribution in [3.8, 4) is 0 Å². The minimum Gasteiger partial charge on any atom is -0.481 e. The first kappa shape index (κ1) is 16.9. The molecule has 2 unspecified atom stereocenters. The van der Waals surface area contributed by atoms with Crippen LogP contribution in [0.5, 0.6) is 0 Å². The molecule has 0 rings (SSSR count). The highest BCUT2D eigenvalue weighted by Gasteiger charge is 2.08. The lowest BCUT2D eigenvalue weighted by atomic mass is 9.97. The Morgan fingerprint density at radius 2 is 1.11 bits per heavy atom. The van der Waals surface area contributed by atoms with E-state index in [1.54, 1.807) is 0 Å². The van der Waals surface area contributed by atoms with Crippen molar-refractivity contribution in [1.82, 2.24) is 0 Å². The molecule has 0 fully saturated rings. The minimum atomic E-state index is -0.718. The maximum Gasteiger partial charge on any atom is 0.303 e. The van der Waals surface area contributed by atoms with Gasteiger partial charge in [0.2, 0.25) is 0 Å². The van der Waals surface area contributed by atoms with Gasteiger partial charge in [-0.3, -0.25) is 9.59 Å². The monoisotopic (exact) mass is 258 g/mol. The van der Waals surface area contributed by atoms with Crippen LogP contribution < -0.4 is 0 Å². The van der Waals surface area contributed by atoms with Crippen LogP contribution in [-0.4, -0.2) is 22.2 Å². The molecule has 0 radical (unpaired) electrons. The molecule has 0 aromatic rings. The van der Waals surface area contributed by atoms with Gasteiger partial charge in [0.05, 0.1) is 0 Å². The van der Waals surface area contributed by atoms with Crippen molar-refractivity contribution in [3.63, 3.8) is 0 Å². The van der Waals surface area contributed by atoms with Crippen LogP contribution in [0.3, 0.4) is 0 Å². The van der Waals surface area contributed by atoms with E-state index in [9.17, 15) is 9.59 Å². The van der Waals surface area contributed by atoms with E-state index < -0.39 is 11.9 Å². The summed E-state index contributed by atoms with van der Waals surface area (Å²) >= 11 is 0. The van der Waals surface area contributed by atoms with E-state index in [1.807, 2.05) is 13.8 Å². The molecule has 0 spiro atoms. The van der Waals surface area contributed by atoms with Gasteiger partial charge in [-0.2, -0.15) is 0 Å². The summed E-state index contributed by atoms with van der Waals surface area (Å²) < 4.78 is 0. The first-order chi connectivity index (χ1) is 8.41. The van der Waals surface area contributed by atoms with Crippen molar-refractivity contribution < 1.29 is 19.8 Å². The maximum absolute atomic E-state index is 10.5. The second-order valence-electron chi connectivity index (χ2n) is 5.40. The molecule has 0 aromatic carbocycles. The second-order valence-corrected chi connectivity index (χ2v) is 5.40. The molecule has 0 aliphatic carbocycles. The molecule has 0 amide bonds. The van der Waals surface area contributed by atoms with Gasteiger partial charge in [-0.05, 0) is 11.8 Å². The molecule has 0 aromatic heterocycles. The summed E-state index contributed by atoms with van der Waals surface area (Å²) in [7, 11) is 0. The van der Waals surface area contributed by atoms with E-state index in [4.69, 9.17) is 10.2 Å².